The highest BCUT2D eigenvalue weighted by Gasteiger charge is 2.00. The number of methoxy groups -OCH3 is 1. The second kappa shape index (κ2) is 6.03. The van der Waals surface area contributed by atoms with Crippen LogP contribution in [-0.2, 0) is 16.0 Å². The molecule has 4 nitrogen and oxygen atoms in total. The van der Waals surface area contributed by atoms with Crippen molar-refractivity contribution in [2.75, 3.05) is 13.9 Å². The number of benzene rings is 1. The first kappa shape index (κ1) is 11.5. The first-order chi connectivity index (χ1) is 7.22. The van der Waals surface area contributed by atoms with E-state index < -0.39 is 5.97 Å². The predicted octanol–water partition coefficient (Wildman–Crippen LogP) is 1.69. The highest BCUT2D eigenvalue weighted by atomic mass is 16.7. The second-order valence-corrected chi connectivity index (χ2v) is 3.09. The Morgan fingerprint density at radius 3 is 2.93 bits per heavy atom. The average molecular weight is 210 g/mol. The maximum Gasteiger partial charge on any atom is 0.303 e. The third-order valence-electron chi connectivity index (χ3n) is 1.87. The molecule has 0 amide bonds. The van der Waals surface area contributed by atoms with Crippen molar-refractivity contribution >= 4 is 5.97 Å². The monoisotopic (exact) mass is 210 g/mol. The molecule has 1 aromatic rings. The molecule has 1 rings (SSSR count). The molecule has 0 saturated carbocycles. The van der Waals surface area contributed by atoms with Crippen molar-refractivity contribution < 1.29 is 19.4 Å². The lowest BCUT2D eigenvalue weighted by Crippen LogP contribution is -2.00. The summed E-state index contributed by atoms with van der Waals surface area (Å²) in [5.74, 6) is -0.0991. The quantitative estimate of drug-likeness (QED) is 0.726. The Hall–Kier alpha value is -1.55. The SMILES string of the molecule is COCOc1cccc(CCC(=O)O)c1. The average Bonchev–Trinajstić information content (AvgIpc) is 2.24. The third kappa shape index (κ3) is 4.46. The molecule has 82 valence electrons. The lowest BCUT2D eigenvalue weighted by molar-refractivity contribution is -0.136. The molecule has 1 aromatic carbocycles. The van der Waals surface area contributed by atoms with Crippen molar-refractivity contribution in [3.8, 4) is 5.75 Å². The third-order valence-corrected chi connectivity index (χ3v) is 1.87. The summed E-state index contributed by atoms with van der Waals surface area (Å²) in [6.07, 6.45) is 0.646. The van der Waals surface area contributed by atoms with Crippen LogP contribution in [0.4, 0.5) is 0 Å². The highest BCUT2D eigenvalue weighted by Crippen LogP contribution is 2.14. The Balaban J connectivity index is 2.53. The van der Waals surface area contributed by atoms with E-state index in [1.54, 1.807) is 7.11 Å². The van der Waals surface area contributed by atoms with Crippen LogP contribution in [0.3, 0.4) is 0 Å². The molecular formula is C11H14O4. The number of aliphatic carboxylic acids is 1. The lowest BCUT2D eigenvalue weighted by Gasteiger charge is -2.06. The molecule has 0 fully saturated rings. The van der Waals surface area contributed by atoms with Crippen LogP contribution in [0.15, 0.2) is 24.3 Å². The van der Waals surface area contributed by atoms with Crippen LogP contribution in [0.25, 0.3) is 0 Å². The summed E-state index contributed by atoms with van der Waals surface area (Å²) < 4.78 is 10.0. The Bertz CT molecular complexity index is 322. The highest BCUT2D eigenvalue weighted by molar-refractivity contribution is 5.67. The lowest BCUT2D eigenvalue weighted by atomic mass is 10.1. The standard InChI is InChI=1S/C11H14O4/c1-14-8-15-10-4-2-3-9(7-10)5-6-11(12)13/h2-4,7H,5-6,8H2,1H3,(H,12,13). The van der Waals surface area contributed by atoms with Gasteiger partial charge in [-0.15, -0.1) is 0 Å². The number of ether oxygens (including phenoxy) is 2. The van der Waals surface area contributed by atoms with E-state index in [1.165, 1.54) is 0 Å². The van der Waals surface area contributed by atoms with Gasteiger partial charge < -0.3 is 14.6 Å². The normalized spacial score (nSPS) is 9.93. The van der Waals surface area contributed by atoms with Crippen LogP contribution in [0.5, 0.6) is 5.75 Å². The fourth-order valence-electron chi connectivity index (χ4n) is 1.17. The largest absolute Gasteiger partial charge is 0.481 e. The van der Waals surface area contributed by atoms with Gasteiger partial charge >= 0.3 is 5.97 Å². The summed E-state index contributed by atoms with van der Waals surface area (Å²) in [6.45, 7) is 0.197. The van der Waals surface area contributed by atoms with Gasteiger partial charge in [0.05, 0.1) is 0 Å². The zero-order valence-corrected chi connectivity index (χ0v) is 8.60. The Morgan fingerprint density at radius 2 is 2.27 bits per heavy atom. The Labute approximate surface area is 88.4 Å². The molecule has 0 aliphatic heterocycles. The van der Waals surface area contributed by atoms with Gasteiger partial charge in [0.2, 0.25) is 0 Å². The molecule has 0 spiro atoms. The maximum absolute atomic E-state index is 10.4. The topological polar surface area (TPSA) is 55.8 Å². The van der Waals surface area contributed by atoms with E-state index in [0.717, 1.165) is 5.56 Å². The summed E-state index contributed by atoms with van der Waals surface area (Å²) in [7, 11) is 1.55. The van der Waals surface area contributed by atoms with E-state index in [2.05, 4.69) is 0 Å². The van der Waals surface area contributed by atoms with Crippen molar-refractivity contribution in [1.82, 2.24) is 0 Å². The minimum Gasteiger partial charge on any atom is -0.481 e. The molecule has 0 aliphatic rings. The van der Waals surface area contributed by atoms with Crippen molar-refractivity contribution in [2.45, 2.75) is 12.8 Å². The van der Waals surface area contributed by atoms with E-state index in [1.807, 2.05) is 24.3 Å². The van der Waals surface area contributed by atoms with Gasteiger partial charge in [0.25, 0.3) is 0 Å². The van der Waals surface area contributed by atoms with Crippen LogP contribution in [-0.4, -0.2) is 25.0 Å². The van der Waals surface area contributed by atoms with Crippen LogP contribution in [0, 0.1) is 0 Å². The fraction of sp³-hybridized carbons (Fsp3) is 0.364. The Morgan fingerprint density at radius 1 is 1.47 bits per heavy atom. The first-order valence-corrected chi connectivity index (χ1v) is 4.65. The molecule has 0 saturated heterocycles. The molecule has 1 N–H and O–H groups in total. The summed E-state index contributed by atoms with van der Waals surface area (Å²) in [5.41, 5.74) is 0.950. The Kier molecular flexibility index (Phi) is 4.63. The van der Waals surface area contributed by atoms with Crippen LogP contribution < -0.4 is 4.74 Å². The number of rotatable bonds is 6. The summed E-state index contributed by atoms with van der Waals surface area (Å²) >= 11 is 0. The van der Waals surface area contributed by atoms with E-state index in [0.29, 0.717) is 12.2 Å². The van der Waals surface area contributed by atoms with E-state index in [9.17, 15) is 4.79 Å². The van der Waals surface area contributed by atoms with Gasteiger partial charge in [0, 0.05) is 13.5 Å². The van der Waals surface area contributed by atoms with Gasteiger partial charge in [-0.05, 0) is 24.1 Å². The molecule has 4 heteroatoms. The summed E-state index contributed by atoms with van der Waals surface area (Å²) in [6, 6.07) is 7.34. The number of aryl methyl sites for hydroxylation is 1. The summed E-state index contributed by atoms with van der Waals surface area (Å²) in [5, 5.41) is 8.53. The number of hydrogen-bond donors (Lipinski definition) is 1. The molecule has 0 unspecified atom stereocenters. The zero-order chi connectivity index (χ0) is 11.1. The first-order valence-electron chi connectivity index (χ1n) is 4.65. The van der Waals surface area contributed by atoms with Gasteiger partial charge in [-0.1, -0.05) is 12.1 Å². The van der Waals surface area contributed by atoms with Crippen molar-refractivity contribution in [3.63, 3.8) is 0 Å². The van der Waals surface area contributed by atoms with Crippen molar-refractivity contribution in [1.29, 1.82) is 0 Å². The molecule has 0 aliphatic carbocycles. The van der Waals surface area contributed by atoms with Crippen molar-refractivity contribution in [2.24, 2.45) is 0 Å². The van der Waals surface area contributed by atoms with Crippen LogP contribution in [0.2, 0.25) is 0 Å². The van der Waals surface area contributed by atoms with Gasteiger partial charge in [0.15, 0.2) is 6.79 Å². The van der Waals surface area contributed by atoms with Crippen LogP contribution >= 0.6 is 0 Å². The van der Waals surface area contributed by atoms with Crippen molar-refractivity contribution in [3.05, 3.63) is 29.8 Å². The second-order valence-electron chi connectivity index (χ2n) is 3.09. The van der Waals surface area contributed by atoms with E-state index in [-0.39, 0.29) is 13.2 Å². The van der Waals surface area contributed by atoms with Gasteiger partial charge in [-0.3, -0.25) is 4.79 Å². The van der Waals surface area contributed by atoms with E-state index >= 15 is 0 Å². The number of carboxylic acid groups (broad SMARTS) is 1. The van der Waals surface area contributed by atoms with Gasteiger partial charge in [-0.2, -0.15) is 0 Å². The molecule has 0 bridgehead atoms. The number of hydrogen-bond acceptors (Lipinski definition) is 3. The number of carbonyl (C=O) groups is 1. The molecule has 15 heavy (non-hydrogen) atoms. The van der Waals surface area contributed by atoms with Crippen LogP contribution in [0.1, 0.15) is 12.0 Å². The summed E-state index contributed by atoms with van der Waals surface area (Å²) in [4.78, 5) is 10.4. The number of carboxylic acids is 1. The van der Waals surface area contributed by atoms with Gasteiger partial charge in [-0.25, -0.2) is 0 Å². The predicted molar refractivity (Wildman–Crippen MR) is 54.9 cm³/mol. The smallest absolute Gasteiger partial charge is 0.303 e. The molecule has 0 atom stereocenters. The minimum absolute atomic E-state index is 0.133. The zero-order valence-electron chi connectivity index (χ0n) is 8.60. The fourth-order valence-corrected chi connectivity index (χ4v) is 1.17. The molecule has 0 radical (unpaired) electrons. The van der Waals surface area contributed by atoms with E-state index in [4.69, 9.17) is 14.6 Å². The molecular weight excluding hydrogens is 196 g/mol. The van der Waals surface area contributed by atoms with Gasteiger partial charge in [0.1, 0.15) is 5.75 Å². The molecule has 0 aromatic heterocycles. The molecule has 0 heterocycles. The minimum atomic E-state index is -0.793. The maximum atomic E-state index is 10.4.